The summed E-state index contributed by atoms with van der Waals surface area (Å²) in [5.74, 6) is -0.393. The van der Waals surface area contributed by atoms with Crippen LogP contribution in [0.2, 0.25) is 0 Å². The number of nitrogens with zero attached hydrogens (tertiary/aromatic N) is 5. The van der Waals surface area contributed by atoms with Gasteiger partial charge >= 0.3 is 5.97 Å². The van der Waals surface area contributed by atoms with Crippen LogP contribution < -0.4 is 19.9 Å². The van der Waals surface area contributed by atoms with Gasteiger partial charge in [0, 0.05) is 35.0 Å². The number of esters is 1. The Kier molecular flexibility index (Phi) is 13.5. The van der Waals surface area contributed by atoms with E-state index < -0.39 is 27.8 Å². The summed E-state index contributed by atoms with van der Waals surface area (Å²) in [6.45, 7) is 7.71. The molecule has 0 saturated heterocycles. The number of sulfonamides is 1. The Labute approximate surface area is 369 Å². The lowest BCUT2D eigenvalue weighted by Crippen LogP contribution is -2.33. The van der Waals surface area contributed by atoms with E-state index in [-0.39, 0.29) is 18.2 Å². The molecule has 2 atom stereocenters. The third-order valence-electron chi connectivity index (χ3n) is 10.3. The summed E-state index contributed by atoms with van der Waals surface area (Å²) in [5.41, 5.74) is 15.4. The number of carbonyl (C=O) groups is 1. The number of nitrogens with two attached hydrogens (primary N) is 1. The Morgan fingerprint density at radius 1 is 0.806 bits per heavy atom. The molecule has 3 N–H and O–H groups in total. The molecule has 4 aromatic carbocycles. The van der Waals surface area contributed by atoms with Gasteiger partial charge < -0.3 is 19.9 Å². The van der Waals surface area contributed by atoms with Crippen LogP contribution >= 0.6 is 22.7 Å². The number of hydrogen-bond acceptors (Lipinski definition) is 14. The molecular weight excluding hydrogens is 843 g/mol. The van der Waals surface area contributed by atoms with Gasteiger partial charge in [-0.1, -0.05) is 47.7 Å². The molecule has 0 spiro atoms. The lowest BCUT2D eigenvalue weighted by molar-refractivity contribution is -0.137. The predicted octanol–water partition coefficient (Wildman–Crippen LogP) is 8.69. The number of benzene rings is 4. The second-order valence-electron chi connectivity index (χ2n) is 15.4. The molecule has 0 aliphatic heterocycles. The van der Waals surface area contributed by atoms with Crippen molar-refractivity contribution < 1.29 is 27.4 Å². The molecule has 8 rings (SSSR count). The topological polar surface area (TPSA) is 203 Å². The lowest BCUT2D eigenvalue weighted by Gasteiger charge is -2.14. The molecule has 2 heterocycles. The molecule has 6 aromatic rings. The van der Waals surface area contributed by atoms with E-state index in [2.05, 4.69) is 55.0 Å². The van der Waals surface area contributed by atoms with E-state index in [4.69, 9.17) is 15.2 Å². The fourth-order valence-electron chi connectivity index (χ4n) is 7.56. The van der Waals surface area contributed by atoms with E-state index in [0.717, 1.165) is 57.7 Å². The number of fused-ring (bicyclic) bond motifs is 2. The summed E-state index contributed by atoms with van der Waals surface area (Å²) in [7, 11) is -2.68. The molecule has 0 radical (unpaired) electrons. The summed E-state index contributed by atoms with van der Waals surface area (Å²) in [4.78, 5) is 17.2. The Morgan fingerprint density at radius 2 is 1.39 bits per heavy atom. The highest BCUT2D eigenvalue weighted by molar-refractivity contribution is 7.90. The van der Waals surface area contributed by atoms with Crippen LogP contribution in [0.4, 0.5) is 0 Å². The molecule has 2 aliphatic carbocycles. The fraction of sp³-hybridized carbons (Fsp3) is 0.304. The molecule has 0 fully saturated rings. The molecule has 13 nitrogen and oxygen atoms in total. The van der Waals surface area contributed by atoms with Crippen molar-refractivity contribution in [1.82, 2.24) is 19.9 Å². The van der Waals surface area contributed by atoms with Gasteiger partial charge in [0.05, 0.1) is 35.3 Å². The number of ether oxygens (including phenoxy) is 3. The maximum atomic E-state index is 12.4. The molecule has 62 heavy (non-hydrogen) atoms. The molecule has 318 valence electrons. The second-order valence-corrected chi connectivity index (χ2v) is 19.1. The highest BCUT2D eigenvalue weighted by atomic mass is 32.2. The van der Waals surface area contributed by atoms with Gasteiger partial charge in [-0.2, -0.15) is 10.5 Å². The van der Waals surface area contributed by atoms with Crippen molar-refractivity contribution >= 4 is 38.7 Å². The molecule has 2 aliphatic rings. The largest absolute Gasteiger partial charge is 0.490 e. The molecule has 0 bridgehead atoms. The minimum atomic E-state index is -3.83. The Bertz CT molecular complexity index is 2820. The number of rotatable bonds is 12. The third-order valence-corrected chi connectivity index (χ3v) is 13.6. The summed E-state index contributed by atoms with van der Waals surface area (Å²) in [5, 5.41) is 30.0. The van der Waals surface area contributed by atoms with Gasteiger partial charge in [0.2, 0.25) is 10.0 Å². The second kappa shape index (κ2) is 18.9. The van der Waals surface area contributed by atoms with Crippen LogP contribution in [0.25, 0.3) is 42.2 Å². The van der Waals surface area contributed by atoms with Crippen LogP contribution in [0.1, 0.15) is 86.0 Å². The summed E-state index contributed by atoms with van der Waals surface area (Å²) < 4.78 is 43.2. The molecule has 2 aromatic heterocycles. The van der Waals surface area contributed by atoms with Crippen LogP contribution in [0.5, 0.6) is 11.5 Å². The van der Waals surface area contributed by atoms with Crippen LogP contribution in [0.3, 0.4) is 0 Å². The zero-order valence-electron chi connectivity index (χ0n) is 34.8. The van der Waals surface area contributed by atoms with Crippen molar-refractivity contribution in [3.05, 3.63) is 112 Å². The number of thiazole rings is 1. The first-order valence-electron chi connectivity index (χ1n) is 20.1. The lowest BCUT2D eigenvalue weighted by atomic mass is 10.0. The first kappa shape index (κ1) is 44.1. The van der Waals surface area contributed by atoms with Crippen LogP contribution in [-0.4, -0.2) is 54.6 Å². The molecule has 0 amide bonds. The maximum Gasteiger partial charge on any atom is 0.322 e. The average Bonchev–Trinajstić information content (AvgIpc) is 4.09. The summed E-state index contributed by atoms with van der Waals surface area (Å²) >= 11 is 3.04. The number of hydrogen-bond donors (Lipinski definition) is 2. The van der Waals surface area contributed by atoms with Crippen molar-refractivity contribution in [2.45, 2.75) is 77.7 Å². The van der Waals surface area contributed by atoms with Gasteiger partial charge in [0.15, 0.2) is 5.75 Å². The molecular formula is C46H45N7O6S3. The van der Waals surface area contributed by atoms with Gasteiger partial charge in [-0.15, -0.1) is 21.5 Å². The smallest absolute Gasteiger partial charge is 0.322 e. The first-order chi connectivity index (χ1) is 29.8. The van der Waals surface area contributed by atoms with Crippen LogP contribution in [0.15, 0.2) is 79.0 Å². The molecule has 0 unspecified atom stereocenters. The van der Waals surface area contributed by atoms with Gasteiger partial charge in [0.25, 0.3) is 0 Å². The monoisotopic (exact) mass is 887 g/mol. The third kappa shape index (κ3) is 9.86. The molecule has 16 heteroatoms. The van der Waals surface area contributed by atoms with Crippen molar-refractivity contribution in [2.24, 2.45) is 5.73 Å². The van der Waals surface area contributed by atoms with Crippen molar-refractivity contribution in [3.63, 3.8) is 0 Å². The summed E-state index contributed by atoms with van der Waals surface area (Å²) in [6, 6.07) is 27.2. The van der Waals surface area contributed by atoms with Gasteiger partial charge in [-0.3, -0.25) is 4.79 Å². The average molecular weight is 888 g/mol. The quantitative estimate of drug-likeness (QED) is 0.111. The maximum absolute atomic E-state index is 12.4. The number of methoxy groups -OCH3 is 1. The van der Waals surface area contributed by atoms with Crippen molar-refractivity contribution in [1.29, 1.82) is 10.5 Å². The molecule has 0 saturated carbocycles. The first-order valence-corrected chi connectivity index (χ1v) is 23.3. The number of aromatic nitrogens is 3. The predicted molar refractivity (Wildman–Crippen MR) is 240 cm³/mol. The Hall–Kier alpha value is -6.01. The SMILES string of the molecule is CC(C)Oc1ccc(-c2ncc(-c3cccc4c3CC[C@@H]4N)s2)cc1C#N.COC(=O)CS(=O)(=O)N[C@H]1CCc2c(-c3nnc(-c4ccc(OC(C)C)c(C#N)c4)s3)cccc21. The highest BCUT2D eigenvalue weighted by Crippen LogP contribution is 2.42. The zero-order chi connectivity index (χ0) is 44.1. The summed E-state index contributed by atoms with van der Waals surface area (Å²) in [6.07, 6.45) is 5.15. The van der Waals surface area contributed by atoms with E-state index in [1.54, 1.807) is 23.5 Å². The van der Waals surface area contributed by atoms with E-state index in [1.807, 2.05) is 76.4 Å². The van der Waals surface area contributed by atoms with E-state index in [1.165, 1.54) is 28.0 Å². The Morgan fingerprint density at radius 3 is 2.02 bits per heavy atom. The van der Waals surface area contributed by atoms with E-state index in [9.17, 15) is 23.7 Å². The Balaban J connectivity index is 0.000000192. The minimum Gasteiger partial charge on any atom is -0.490 e. The van der Waals surface area contributed by atoms with Gasteiger partial charge in [-0.25, -0.2) is 18.1 Å². The van der Waals surface area contributed by atoms with Crippen LogP contribution in [-0.2, 0) is 32.4 Å². The van der Waals surface area contributed by atoms with Crippen molar-refractivity contribution in [3.8, 4) is 65.8 Å². The number of nitriles is 2. The van der Waals surface area contributed by atoms with Gasteiger partial charge in [-0.05, 0) is 118 Å². The van der Waals surface area contributed by atoms with Crippen LogP contribution in [0, 0.1) is 22.7 Å². The van der Waals surface area contributed by atoms with E-state index >= 15 is 0 Å². The standard InChI is InChI=1S/C24H24N4O5S2.C22H21N3OS/c1-14(2)33-21-10-7-15(11-16(21)12-25)23-26-27-24(34-23)19-6-4-5-18-17(19)8-9-20(18)28-35(30,31)13-22(29)32-3;1-13(2)26-20-9-6-14(10-15(20)11-23)22-25-12-21(27-22)18-5-3-4-17-16(18)7-8-19(17)24/h4-7,10-11,14,20,28H,8-9,13H2,1-3H3;3-6,9-10,12-13,19H,7-8,24H2,1-2H3/t20-;19-/m00/s1. The number of nitrogens with one attached hydrogen (secondary N) is 1. The number of carbonyl (C=O) groups excluding carboxylic acids is 1. The fourth-order valence-corrected chi connectivity index (χ4v) is 10.6. The van der Waals surface area contributed by atoms with Gasteiger partial charge in [0.1, 0.15) is 38.7 Å². The zero-order valence-corrected chi connectivity index (χ0v) is 37.3. The minimum absolute atomic E-state index is 0.0287. The normalized spacial score (nSPS) is 15.3. The highest BCUT2D eigenvalue weighted by Gasteiger charge is 2.30. The van der Waals surface area contributed by atoms with Crippen molar-refractivity contribution in [2.75, 3.05) is 12.9 Å². The van der Waals surface area contributed by atoms with E-state index in [0.29, 0.717) is 45.5 Å².